The van der Waals surface area contributed by atoms with Crippen LogP contribution >= 0.6 is 15.9 Å². The number of rotatable bonds is 5. The van der Waals surface area contributed by atoms with Crippen molar-refractivity contribution >= 4 is 39.4 Å². The molecule has 4 rings (SSSR count). The van der Waals surface area contributed by atoms with Crippen molar-refractivity contribution in [1.29, 1.82) is 0 Å². The molecule has 1 aliphatic rings. The molecule has 3 aromatic rings. The minimum atomic E-state index is -0.620. The Balaban J connectivity index is 1.78. The summed E-state index contributed by atoms with van der Waals surface area (Å²) in [7, 11) is 0. The quantitative estimate of drug-likeness (QED) is 0.448. The van der Waals surface area contributed by atoms with E-state index >= 15 is 0 Å². The molecule has 9 heteroatoms. The van der Waals surface area contributed by atoms with E-state index in [-0.39, 0.29) is 17.8 Å². The molecular weight excluding hydrogens is 498 g/mol. The number of ether oxygens (including phenoxy) is 1. The van der Waals surface area contributed by atoms with Crippen LogP contribution in [0.5, 0.6) is 0 Å². The normalized spacial score (nSPS) is 15.1. The minimum Gasteiger partial charge on any atom is -0.457 e. The Hall–Kier alpha value is -3.46. The van der Waals surface area contributed by atoms with Gasteiger partial charge >= 0.3 is 5.97 Å². The third-order valence-corrected chi connectivity index (χ3v) is 5.91. The SMILES string of the molecule is CC1=C(C(=O)Nc2ccc(C)cc2C)C(c2cccc(Br)c2)n2nc(C(=O)OC(C)C)nc2N1. The van der Waals surface area contributed by atoms with E-state index in [4.69, 9.17) is 4.74 Å². The number of nitrogens with one attached hydrogen (secondary N) is 2. The first kappa shape index (κ1) is 23.7. The van der Waals surface area contributed by atoms with Gasteiger partial charge < -0.3 is 15.4 Å². The highest BCUT2D eigenvalue weighted by molar-refractivity contribution is 9.10. The number of amides is 1. The predicted molar refractivity (Wildman–Crippen MR) is 134 cm³/mol. The summed E-state index contributed by atoms with van der Waals surface area (Å²) in [4.78, 5) is 30.4. The molecule has 0 bridgehead atoms. The molecular formula is C25H26BrN5O3. The van der Waals surface area contributed by atoms with Gasteiger partial charge in [-0.1, -0.05) is 45.8 Å². The van der Waals surface area contributed by atoms with Crippen LogP contribution in [0.3, 0.4) is 0 Å². The number of esters is 1. The summed E-state index contributed by atoms with van der Waals surface area (Å²) in [6, 6.07) is 12.9. The van der Waals surface area contributed by atoms with E-state index in [2.05, 4.69) is 36.6 Å². The zero-order chi connectivity index (χ0) is 24.6. The van der Waals surface area contributed by atoms with Crippen LogP contribution in [0, 0.1) is 13.8 Å². The molecule has 2 N–H and O–H groups in total. The summed E-state index contributed by atoms with van der Waals surface area (Å²) in [5, 5.41) is 10.6. The van der Waals surface area contributed by atoms with Gasteiger partial charge in [-0.2, -0.15) is 4.98 Å². The first-order valence-electron chi connectivity index (χ1n) is 10.9. The van der Waals surface area contributed by atoms with Gasteiger partial charge in [0.05, 0.1) is 11.7 Å². The summed E-state index contributed by atoms with van der Waals surface area (Å²) in [5.41, 5.74) is 4.72. The number of benzene rings is 2. The largest absolute Gasteiger partial charge is 0.457 e. The smallest absolute Gasteiger partial charge is 0.378 e. The maximum Gasteiger partial charge on any atom is 0.378 e. The van der Waals surface area contributed by atoms with Crippen LogP contribution < -0.4 is 10.6 Å². The minimum absolute atomic E-state index is 0.0694. The average Bonchev–Trinajstić information content (AvgIpc) is 3.18. The van der Waals surface area contributed by atoms with Crippen LogP contribution in [0.4, 0.5) is 11.6 Å². The maximum absolute atomic E-state index is 13.6. The lowest BCUT2D eigenvalue weighted by atomic mass is 9.95. The van der Waals surface area contributed by atoms with Gasteiger partial charge in [0.15, 0.2) is 0 Å². The van der Waals surface area contributed by atoms with Gasteiger partial charge in [-0.05, 0) is 63.9 Å². The number of hydrogen-bond acceptors (Lipinski definition) is 6. The second-order valence-corrected chi connectivity index (χ2v) is 9.47. The van der Waals surface area contributed by atoms with E-state index in [0.29, 0.717) is 17.2 Å². The first-order chi connectivity index (χ1) is 16.1. The fraction of sp³-hybridized carbons (Fsp3) is 0.280. The molecule has 0 fully saturated rings. The first-order valence-corrected chi connectivity index (χ1v) is 11.7. The number of carbonyl (C=O) groups is 2. The third kappa shape index (κ3) is 4.75. The summed E-state index contributed by atoms with van der Waals surface area (Å²) in [5.74, 6) is -0.596. The number of hydrogen-bond donors (Lipinski definition) is 2. The summed E-state index contributed by atoms with van der Waals surface area (Å²) in [6.45, 7) is 9.30. The van der Waals surface area contributed by atoms with Gasteiger partial charge in [0.1, 0.15) is 6.04 Å². The van der Waals surface area contributed by atoms with Gasteiger partial charge in [0, 0.05) is 15.9 Å². The van der Waals surface area contributed by atoms with Crippen molar-refractivity contribution in [3.63, 3.8) is 0 Å². The Bertz CT molecular complexity index is 1310. The Morgan fingerprint density at radius 1 is 1.15 bits per heavy atom. The van der Waals surface area contributed by atoms with E-state index in [0.717, 1.165) is 26.9 Å². The Kier molecular flexibility index (Phi) is 6.56. The molecule has 1 unspecified atom stereocenters. The van der Waals surface area contributed by atoms with Crippen molar-refractivity contribution in [3.05, 3.63) is 80.7 Å². The molecule has 0 saturated heterocycles. The number of aryl methyl sites for hydroxylation is 2. The summed E-state index contributed by atoms with van der Waals surface area (Å²) in [6.07, 6.45) is -0.305. The molecule has 0 saturated carbocycles. The molecule has 176 valence electrons. The lowest BCUT2D eigenvalue weighted by Crippen LogP contribution is -2.31. The third-order valence-electron chi connectivity index (χ3n) is 5.42. The van der Waals surface area contributed by atoms with Crippen molar-refractivity contribution in [2.75, 3.05) is 10.6 Å². The fourth-order valence-corrected chi connectivity index (χ4v) is 4.34. The number of halogens is 1. The Morgan fingerprint density at radius 3 is 2.59 bits per heavy atom. The molecule has 1 aliphatic heterocycles. The molecule has 0 aliphatic carbocycles. The van der Waals surface area contributed by atoms with E-state index in [1.54, 1.807) is 18.5 Å². The average molecular weight is 524 g/mol. The van der Waals surface area contributed by atoms with Crippen LogP contribution in [0.2, 0.25) is 0 Å². The second-order valence-electron chi connectivity index (χ2n) is 8.55. The van der Waals surface area contributed by atoms with Crippen molar-refractivity contribution in [2.45, 2.75) is 46.8 Å². The number of aromatic nitrogens is 3. The molecule has 0 radical (unpaired) electrons. The van der Waals surface area contributed by atoms with E-state index < -0.39 is 12.0 Å². The summed E-state index contributed by atoms with van der Waals surface area (Å²) >= 11 is 3.51. The molecule has 2 aromatic carbocycles. The molecule has 8 nitrogen and oxygen atoms in total. The monoisotopic (exact) mass is 523 g/mol. The lowest BCUT2D eigenvalue weighted by molar-refractivity contribution is -0.113. The van der Waals surface area contributed by atoms with E-state index in [1.807, 2.05) is 63.2 Å². The number of anilines is 2. The standard InChI is InChI=1S/C25H26BrN5O3/c1-13(2)34-24(33)22-29-25-27-16(5)20(23(32)28-19-10-9-14(3)11-15(19)4)21(31(25)30-22)17-7-6-8-18(26)12-17/h6-13,21H,1-5H3,(H,28,32)(H,27,29,30). The van der Waals surface area contributed by atoms with Crippen molar-refractivity contribution < 1.29 is 14.3 Å². The molecule has 1 amide bonds. The van der Waals surface area contributed by atoms with Gasteiger partial charge in [0.2, 0.25) is 5.95 Å². The van der Waals surface area contributed by atoms with E-state index in [9.17, 15) is 9.59 Å². The molecule has 1 atom stereocenters. The number of fused-ring (bicyclic) bond motifs is 1. The molecule has 2 heterocycles. The van der Waals surface area contributed by atoms with Gasteiger partial charge in [-0.15, -0.1) is 5.10 Å². The lowest BCUT2D eigenvalue weighted by Gasteiger charge is -2.29. The maximum atomic E-state index is 13.6. The van der Waals surface area contributed by atoms with Crippen LogP contribution in [0.15, 0.2) is 58.2 Å². The molecule has 0 spiro atoms. The number of nitrogens with zero attached hydrogens (tertiary/aromatic N) is 3. The Morgan fingerprint density at radius 2 is 1.91 bits per heavy atom. The van der Waals surface area contributed by atoms with Crippen LogP contribution in [0.1, 0.15) is 54.1 Å². The van der Waals surface area contributed by atoms with Gasteiger partial charge in [-0.25, -0.2) is 9.48 Å². The topological polar surface area (TPSA) is 98.1 Å². The second kappa shape index (κ2) is 9.42. The Labute approximate surface area is 206 Å². The zero-order valence-corrected chi connectivity index (χ0v) is 21.2. The summed E-state index contributed by atoms with van der Waals surface area (Å²) < 4.78 is 7.69. The molecule has 34 heavy (non-hydrogen) atoms. The predicted octanol–water partition coefficient (Wildman–Crippen LogP) is 5.15. The molecule has 1 aromatic heterocycles. The van der Waals surface area contributed by atoms with Crippen LogP contribution in [-0.4, -0.2) is 32.7 Å². The van der Waals surface area contributed by atoms with Crippen LogP contribution in [0.25, 0.3) is 0 Å². The van der Waals surface area contributed by atoms with Crippen molar-refractivity contribution in [1.82, 2.24) is 14.8 Å². The van der Waals surface area contributed by atoms with E-state index in [1.165, 1.54) is 0 Å². The number of allylic oxidation sites excluding steroid dienone is 1. The number of carbonyl (C=O) groups excluding carboxylic acids is 2. The van der Waals surface area contributed by atoms with Crippen molar-refractivity contribution in [2.24, 2.45) is 0 Å². The van der Waals surface area contributed by atoms with Crippen LogP contribution in [-0.2, 0) is 9.53 Å². The van der Waals surface area contributed by atoms with Gasteiger partial charge in [-0.3, -0.25) is 4.79 Å². The zero-order valence-electron chi connectivity index (χ0n) is 19.6. The van der Waals surface area contributed by atoms with Crippen molar-refractivity contribution in [3.8, 4) is 0 Å². The highest BCUT2D eigenvalue weighted by Gasteiger charge is 2.35. The van der Waals surface area contributed by atoms with Gasteiger partial charge in [0.25, 0.3) is 11.7 Å². The highest BCUT2D eigenvalue weighted by atomic mass is 79.9. The fourth-order valence-electron chi connectivity index (χ4n) is 3.93. The highest BCUT2D eigenvalue weighted by Crippen LogP contribution is 2.36.